The van der Waals surface area contributed by atoms with Gasteiger partial charge in [-0.05, 0) is 54.6 Å². The molecule has 0 atom stereocenters. The molecule has 3 aromatic heterocycles. The van der Waals surface area contributed by atoms with E-state index < -0.39 is 0 Å². The number of fused-ring (bicyclic) bond motifs is 7. The molecular formula is C26H14N2O2. The second-order valence-electron chi connectivity index (χ2n) is 7.51. The van der Waals surface area contributed by atoms with Crippen LogP contribution in [0.1, 0.15) is 0 Å². The highest BCUT2D eigenvalue weighted by Crippen LogP contribution is 2.36. The Balaban J connectivity index is 1.45. The summed E-state index contributed by atoms with van der Waals surface area (Å²) in [5, 5.41) is 4.26. The molecule has 0 spiro atoms. The average Bonchev–Trinajstić information content (AvgIpc) is 3.44. The van der Waals surface area contributed by atoms with Crippen molar-refractivity contribution in [1.29, 1.82) is 0 Å². The number of aromatic nitrogens is 2. The summed E-state index contributed by atoms with van der Waals surface area (Å²) in [4.78, 5) is 9.50. The average molecular weight is 386 g/mol. The molecule has 0 saturated carbocycles. The first kappa shape index (κ1) is 15.7. The molecular weight excluding hydrogens is 372 g/mol. The summed E-state index contributed by atoms with van der Waals surface area (Å²) in [5.74, 6) is 0.814. The van der Waals surface area contributed by atoms with E-state index in [2.05, 4.69) is 30.3 Å². The van der Waals surface area contributed by atoms with Crippen LogP contribution in [-0.2, 0) is 0 Å². The molecule has 4 heteroatoms. The molecule has 0 aliphatic rings. The van der Waals surface area contributed by atoms with E-state index in [4.69, 9.17) is 18.8 Å². The Labute approximate surface area is 170 Å². The van der Waals surface area contributed by atoms with Crippen molar-refractivity contribution in [2.45, 2.75) is 0 Å². The van der Waals surface area contributed by atoms with E-state index in [1.165, 1.54) is 0 Å². The first-order chi connectivity index (χ1) is 14.8. The molecule has 30 heavy (non-hydrogen) atoms. The topological polar surface area (TPSA) is 52.1 Å². The highest BCUT2D eigenvalue weighted by atomic mass is 16.3. The van der Waals surface area contributed by atoms with Crippen molar-refractivity contribution in [3.63, 3.8) is 0 Å². The van der Waals surface area contributed by atoms with Gasteiger partial charge in [0.15, 0.2) is 0 Å². The number of rotatable bonds is 1. The van der Waals surface area contributed by atoms with Gasteiger partial charge in [-0.15, -0.1) is 0 Å². The van der Waals surface area contributed by atoms with E-state index in [1.807, 2.05) is 48.5 Å². The molecule has 0 amide bonds. The molecule has 0 unspecified atom stereocenters. The summed E-state index contributed by atoms with van der Waals surface area (Å²) in [6.07, 6.45) is 1.72. The number of hydrogen-bond donors (Lipinski definition) is 0. The SMILES string of the molecule is c1ccc2nc3cc(-c4cc5ccc6c(ccc7ccoc76)c5o4)ccc3nc2c1. The van der Waals surface area contributed by atoms with Crippen LogP contribution in [0.25, 0.3) is 66.1 Å². The largest absolute Gasteiger partial charge is 0.464 e. The van der Waals surface area contributed by atoms with Gasteiger partial charge in [-0.2, -0.15) is 0 Å². The van der Waals surface area contributed by atoms with E-state index in [1.54, 1.807) is 6.26 Å². The lowest BCUT2D eigenvalue weighted by Crippen LogP contribution is -1.87. The number of furan rings is 2. The Kier molecular flexibility index (Phi) is 2.97. The van der Waals surface area contributed by atoms with Gasteiger partial charge >= 0.3 is 0 Å². The number of benzene rings is 4. The van der Waals surface area contributed by atoms with Gasteiger partial charge in [0.2, 0.25) is 0 Å². The zero-order valence-electron chi connectivity index (χ0n) is 15.8. The minimum Gasteiger partial charge on any atom is -0.464 e. The van der Waals surface area contributed by atoms with Crippen molar-refractivity contribution in [2.24, 2.45) is 0 Å². The number of nitrogens with zero attached hydrogens (tertiary/aromatic N) is 2. The maximum atomic E-state index is 6.34. The Hall–Kier alpha value is -4.18. The molecule has 7 rings (SSSR count). The van der Waals surface area contributed by atoms with Crippen LogP contribution >= 0.6 is 0 Å². The molecule has 0 fully saturated rings. The van der Waals surface area contributed by atoms with E-state index in [0.717, 1.165) is 66.1 Å². The maximum absolute atomic E-state index is 6.34. The zero-order chi connectivity index (χ0) is 19.7. The molecule has 4 aromatic carbocycles. The Morgan fingerprint density at radius 1 is 0.567 bits per heavy atom. The van der Waals surface area contributed by atoms with Crippen LogP contribution in [0, 0.1) is 0 Å². The van der Waals surface area contributed by atoms with Gasteiger partial charge < -0.3 is 8.83 Å². The minimum atomic E-state index is 0.814. The van der Waals surface area contributed by atoms with Crippen LogP contribution in [0.4, 0.5) is 0 Å². The molecule has 0 saturated heterocycles. The first-order valence-electron chi connectivity index (χ1n) is 9.83. The van der Waals surface area contributed by atoms with Crippen molar-refractivity contribution in [3.8, 4) is 11.3 Å². The number of hydrogen-bond acceptors (Lipinski definition) is 4. The van der Waals surface area contributed by atoms with Crippen molar-refractivity contribution < 1.29 is 8.83 Å². The van der Waals surface area contributed by atoms with Crippen LogP contribution in [0.15, 0.2) is 94.0 Å². The molecule has 7 aromatic rings. The first-order valence-corrected chi connectivity index (χ1v) is 9.83. The van der Waals surface area contributed by atoms with Gasteiger partial charge in [0, 0.05) is 27.1 Å². The van der Waals surface area contributed by atoms with Crippen molar-refractivity contribution in [2.75, 3.05) is 0 Å². The van der Waals surface area contributed by atoms with Gasteiger partial charge in [0.1, 0.15) is 16.9 Å². The normalized spacial score (nSPS) is 12.0. The highest BCUT2D eigenvalue weighted by molar-refractivity contribution is 6.14. The summed E-state index contributed by atoms with van der Waals surface area (Å²) in [6, 6.07) is 26.4. The van der Waals surface area contributed by atoms with E-state index in [0.29, 0.717) is 0 Å². The van der Waals surface area contributed by atoms with E-state index >= 15 is 0 Å². The summed E-state index contributed by atoms with van der Waals surface area (Å²) >= 11 is 0. The Morgan fingerprint density at radius 2 is 1.30 bits per heavy atom. The standard InChI is InChI=1S/C26H14N2O2/c1-2-4-21-20(3-1)27-22-10-7-16(13-23(22)28-21)24-14-17-6-9-18-19(26(17)30-24)8-5-15-11-12-29-25(15)18/h1-14H. The Bertz CT molecular complexity index is 1760. The van der Waals surface area contributed by atoms with E-state index in [9.17, 15) is 0 Å². The van der Waals surface area contributed by atoms with Gasteiger partial charge in [0.25, 0.3) is 0 Å². The molecule has 0 radical (unpaired) electrons. The van der Waals surface area contributed by atoms with Crippen molar-refractivity contribution in [3.05, 3.63) is 85.1 Å². The third-order valence-electron chi connectivity index (χ3n) is 5.72. The van der Waals surface area contributed by atoms with Gasteiger partial charge in [-0.25, -0.2) is 9.97 Å². The molecule has 0 aliphatic carbocycles. The number of para-hydroxylation sites is 2. The fourth-order valence-corrected chi connectivity index (χ4v) is 4.25. The van der Waals surface area contributed by atoms with Gasteiger partial charge in [-0.3, -0.25) is 0 Å². The van der Waals surface area contributed by atoms with Gasteiger partial charge in [0.05, 0.1) is 28.3 Å². The fraction of sp³-hybridized carbons (Fsp3) is 0. The van der Waals surface area contributed by atoms with Gasteiger partial charge in [-0.1, -0.05) is 24.3 Å². The molecule has 0 bridgehead atoms. The highest BCUT2D eigenvalue weighted by Gasteiger charge is 2.13. The lowest BCUT2D eigenvalue weighted by Gasteiger charge is -2.03. The van der Waals surface area contributed by atoms with Crippen LogP contribution in [-0.4, -0.2) is 9.97 Å². The third kappa shape index (κ3) is 2.16. The molecule has 0 aliphatic heterocycles. The maximum Gasteiger partial charge on any atom is 0.142 e. The lowest BCUT2D eigenvalue weighted by atomic mass is 10.1. The summed E-state index contributed by atoms with van der Waals surface area (Å²) in [6.45, 7) is 0. The summed E-state index contributed by atoms with van der Waals surface area (Å²) in [7, 11) is 0. The monoisotopic (exact) mass is 386 g/mol. The lowest BCUT2D eigenvalue weighted by molar-refractivity contribution is 0.618. The third-order valence-corrected chi connectivity index (χ3v) is 5.72. The zero-order valence-corrected chi connectivity index (χ0v) is 15.8. The van der Waals surface area contributed by atoms with Crippen LogP contribution < -0.4 is 0 Å². The van der Waals surface area contributed by atoms with Crippen molar-refractivity contribution in [1.82, 2.24) is 9.97 Å². The second-order valence-corrected chi connectivity index (χ2v) is 7.51. The summed E-state index contributed by atoms with van der Waals surface area (Å²) < 4.78 is 12.0. The van der Waals surface area contributed by atoms with Crippen LogP contribution in [0.2, 0.25) is 0 Å². The molecule has 0 N–H and O–H groups in total. The fourth-order valence-electron chi connectivity index (χ4n) is 4.25. The predicted molar refractivity (Wildman–Crippen MR) is 120 cm³/mol. The minimum absolute atomic E-state index is 0.814. The Morgan fingerprint density at radius 3 is 2.17 bits per heavy atom. The van der Waals surface area contributed by atoms with Crippen molar-refractivity contribution >= 4 is 54.8 Å². The van der Waals surface area contributed by atoms with E-state index in [-0.39, 0.29) is 0 Å². The predicted octanol–water partition coefficient (Wildman–Crippen LogP) is 7.10. The van der Waals surface area contributed by atoms with Crippen LogP contribution in [0.3, 0.4) is 0 Å². The smallest absolute Gasteiger partial charge is 0.142 e. The quantitative estimate of drug-likeness (QED) is 0.282. The summed E-state index contributed by atoms with van der Waals surface area (Å²) in [5.41, 5.74) is 6.26. The second kappa shape index (κ2) is 5.67. The molecule has 4 nitrogen and oxygen atoms in total. The molecule has 140 valence electrons. The van der Waals surface area contributed by atoms with Crippen LogP contribution in [0.5, 0.6) is 0 Å². The molecule has 3 heterocycles.